The van der Waals surface area contributed by atoms with Crippen LogP contribution in [0.4, 0.5) is 10.5 Å². The third-order valence-electron chi connectivity index (χ3n) is 5.90. The fourth-order valence-corrected chi connectivity index (χ4v) is 4.82. The summed E-state index contributed by atoms with van der Waals surface area (Å²) in [7, 11) is 0. The number of hydrogen-bond acceptors (Lipinski definition) is 3. The maximum absolute atomic E-state index is 13.0. The maximum atomic E-state index is 13.0. The second kappa shape index (κ2) is 7.66. The van der Waals surface area contributed by atoms with Crippen LogP contribution in [0.15, 0.2) is 53.3 Å². The number of halogens is 2. The van der Waals surface area contributed by atoms with Crippen molar-refractivity contribution < 1.29 is 9.90 Å². The zero-order chi connectivity index (χ0) is 21.7. The summed E-state index contributed by atoms with van der Waals surface area (Å²) in [6.07, 6.45) is 0.806. The Hall–Kier alpha value is -2.90. The van der Waals surface area contributed by atoms with Gasteiger partial charge in [0.1, 0.15) is 5.69 Å². The molecule has 2 heterocycles. The first-order chi connectivity index (χ1) is 14.9. The summed E-state index contributed by atoms with van der Waals surface area (Å²) in [4.78, 5) is 27.2. The average Bonchev–Trinajstić information content (AvgIpc) is 3.49. The molecule has 0 bridgehead atoms. The van der Waals surface area contributed by atoms with E-state index in [1.54, 1.807) is 27.7 Å². The lowest BCUT2D eigenvalue weighted by molar-refractivity contribution is 0.195. The fraction of sp³-hybridized carbons (Fsp3) is 0.273. The summed E-state index contributed by atoms with van der Waals surface area (Å²) in [6.45, 7) is 0.807. The summed E-state index contributed by atoms with van der Waals surface area (Å²) in [5.41, 5.74) is 1.87. The number of hydrogen-bond donors (Lipinski definition) is 2. The second-order valence-electron chi connectivity index (χ2n) is 7.90. The van der Waals surface area contributed by atoms with E-state index in [2.05, 4.69) is 5.32 Å². The summed E-state index contributed by atoms with van der Waals surface area (Å²) >= 11 is 12.0. The molecule has 1 fully saturated rings. The number of amides is 2. The zero-order valence-electron chi connectivity index (χ0n) is 16.5. The van der Waals surface area contributed by atoms with Gasteiger partial charge in [-0.1, -0.05) is 53.5 Å². The van der Waals surface area contributed by atoms with Gasteiger partial charge in [0, 0.05) is 40.8 Å². The number of fused-ring (bicyclic) bond motifs is 1. The number of aromatic nitrogens is 2. The van der Waals surface area contributed by atoms with Crippen LogP contribution in [0.2, 0.25) is 10.0 Å². The van der Waals surface area contributed by atoms with E-state index in [1.807, 2.05) is 30.3 Å². The number of anilines is 1. The summed E-state index contributed by atoms with van der Waals surface area (Å²) in [6, 6.07) is 14.4. The van der Waals surface area contributed by atoms with Crippen LogP contribution in [-0.2, 0) is 13.1 Å². The van der Waals surface area contributed by atoms with Crippen molar-refractivity contribution in [3.63, 3.8) is 0 Å². The lowest BCUT2D eigenvalue weighted by Crippen LogP contribution is -2.42. The van der Waals surface area contributed by atoms with Crippen molar-refractivity contribution in [2.45, 2.75) is 31.5 Å². The highest BCUT2D eigenvalue weighted by molar-refractivity contribution is 6.35. The van der Waals surface area contributed by atoms with Crippen LogP contribution in [0, 0.1) is 0 Å². The van der Waals surface area contributed by atoms with Gasteiger partial charge in [-0.25, -0.2) is 9.59 Å². The first-order valence-corrected chi connectivity index (χ1v) is 10.8. The summed E-state index contributed by atoms with van der Waals surface area (Å²) < 4.78 is 3.04. The third kappa shape index (κ3) is 3.68. The van der Waals surface area contributed by atoms with E-state index in [9.17, 15) is 14.7 Å². The van der Waals surface area contributed by atoms with Gasteiger partial charge in [0.2, 0.25) is 5.88 Å². The molecule has 1 aliphatic heterocycles. The first kappa shape index (κ1) is 20.0. The van der Waals surface area contributed by atoms with Gasteiger partial charge in [-0.3, -0.25) is 9.13 Å². The molecule has 2 aromatic carbocycles. The number of carbonyl (C=O) groups is 1. The first-order valence-electron chi connectivity index (χ1n) is 10.0. The van der Waals surface area contributed by atoms with Gasteiger partial charge in [-0.15, -0.1) is 0 Å². The molecule has 5 rings (SSSR count). The predicted octanol–water partition coefficient (Wildman–Crippen LogP) is 4.44. The van der Waals surface area contributed by atoms with E-state index < -0.39 is 0 Å². The molecule has 1 aliphatic carbocycles. The smallest absolute Gasteiger partial charge is 0.331 e. The Morgan fingerprint density at radius 3 is 2.48 bits per heavy atom. The average molecular weight is 459 g/mol. The minimum Gasteiger partial charge on any atom is -0.493 e. The van der Waals surface area contributed by atoms with Crippen LogP contribution in [0.25, 0.3) is 0 Å². The largest absolute Gasteiger partial charge is 0.493 e. The molecule has 0 radical (unpaired) electrons. The standard InChI is InChI=1S/C22H20Cl2N4O3/c23-14-8-15(24)10-16(9-14)25-21(30)26-6-7-27-19(12-26)20(29)28(22(27)31)18-11-17(18)13-4-2-1-3-5-13/h1-5,8-10,17-18,29H,6-7,11-12H2,(H,25,30)/t17-,18+/m1/s1. The van der Waals surface area contributed by atoms with Crippen molar-refractivity contribution in [1.29, 1.82) is 0 Å². The predicted molar refractivity (Wildman–Crippen MR) is 119 cm³/mol. The van der Waals surface area contributed by atoms with E-state index in [4.69, 9.17) is 23.2 Å². The van der Waals surface area contributed by atoms with Crippen molar-refractivity contribution in [3.8, 4) is 5.88 Å². The Labute approximate surface area is 188 Å². The van der Waals surface area contributed by atoms with Crippen LogP contribution in [0.5, 0.6) is 5.88 Å². The molecule has 0 spiro atoms. The molecule has 2 atom stereocenters. The van der Waals surface area contributed by atoms with Crippen LogP contribution in [-0.4, -0.2) is 31.7 Å². The van der Waals surface area contributed by atoms with Gasteiger partial charge < -0.3 is 15.3 Å². The number of nitrogens with one attached hydrogen (secondary N) is 1. The lowest BCUT2D eigenvalue weighted by Gasteiger charge is -2.27. The van der Waals surface area contributed by atoms with Crippen LogP contribution in [0.3, 0.4) is 0 Å². The van der Waals surface area contributed by atoms with E-state index in [0.717, 1.165) is 12.0 Å². The normalized spacial score (nSPS) is 19.7. The van der Waals surface area contributed by atoms with Gasteiger partial charge in [0.05, 0.1) is 6.54 Å². The van der Waals surface area contributed by atoms with Gasteiger partial charge in [-0.2, -0.15) is 0 Å². The molecule has 1 saturated carbocycles. The zero-order valence-corrected chi connectivity index (χ0v) is 18.0. The van der Waals surface area contributed by atoms with Crippen molar-refractivity contribution in [3.05, 3.63) is 80.3 Å². The van der Waals surface area contributed by atoms with E-state index in [1.165, 1.54) is 4.57 Å². The molecule has 160 valence electrons. The third-order valence-corrected chi connectivity index (χ3v) is 6.34. The molecule has 1 aromatic heterocycles. The highest BCUT2D eigenvalue weighted by atomic mass is 35.5. The van der Waals surface area contributed by atoms with Crippen LogP contribution in [0.1, 0.15) is 29.6 Å². The van der Waals surface area contributed by atoms with Gasteiger partial charge >= 0.3 is 11.7 Å². The molecule has 2 N–H and O–H groups in total. The van der Waals surface area contributed by atoms with Gasteiger partial charge in [0.25, 0.3) is 0 Å². The Balaban J connectivity index is 1.35. The van der Waals surface area contributed by atoms with Gasteiger partial charge in [0.15, 0.2) is 0 Å². The number of nitrogens with zero attached hydrogens (tertiary/aromatic N) is 3. The molecular formula is C22H20Cl2N4O3. The fourth-order valence-electron chi connectivity index (χ4n) is 4.29. The minimum atomic E-state index is -0.349. The minimum absolute atomic E-state index is 0.0586. The highest BCUT2D eigenvalue weighted by Gasteiger charge is 2.44. The molecule has 2 amide bonds. The second-order valence-corrected chi connectivity index (χ2v) is 8.78. The molecule has 0 saturated heterocycles. The number of benzene rings is 2. The maximum Gasteiger partial charge on any atom is 0.331 e. The summed E-state index contributed by atoms with van der Waals surface area (Å²) in [5.74, 6) is 0.151. The number of imidazole rings is 1. The topological polar surface area (TPSA) is 79.5 Å². The SMILES string of the molecule is O=C(Nc1cc(Cl)cc(Cl)c1)N1CCn2c(c(O)n([C@H]3C[C@@H]3c3ccccc3)c2=O)C1. The monoisotopic (exact) mass is 458 g/mol. The van der Waals surface area contributed by atoms with E-state index in [-0.39, 0.29) is 36.1 Å². The number of urea groups is 1. The molecule has 2 aliphatic rings. The number of aromatic hydroxyl groups is 1. The lowest BCUT2D eigenvalue weighted by atomic mass is 10.1. The number of rotatable bonds is 3. The molecule has 31 heavy (non-hydrogen) atoms. The molecule has 9 heteroatoms. The molecule has 0 unspecified atom stereocenters. The molecule has 7 nitrogen and oxygen atoms in total. The number of carbonyl (C=O) groups excluding carboxylic acids is 1. The van der Waals surface area contributed by atoms with Gasteiger partial charge in [-0.05, 0) is 30.2 Å². The quantitative estimate of drug-likeness (QED) is 0.608. The van der Waals surface area contributed by atoms with E-state index >= 15 is 0 Å². The van der Waals surface area contributed by atoms with Crippen molar-refractivity contribution >= 4 is 34.9 Å². The van der Waals surface area contributed by atoms with E-state index in [0.29, 0.717) is 34.5 Å². The summed E-state index contributed by atoms with van der Waals surface area (Å²) in [5, 5.41) is 14.5. The van der Waals surface area contributed by atoms with Crippen LogP contribution < -0.4 is 11.0 Å². The Bertz CT molecular complexity index is 1200. The van der Waals surface area contributed by atoms with Crippen molar-refractivity contribution in [2.24, 2.45) is 0 Å². The van der Waals surface area contributed by atoms with Crippen LogP contribution >= 0.6 is 23.2 Å². The van der Waals surface area contributed by atoms with Crippen molar-refractivity contribution in [2.75, 3.05) is 11.9 Å². The molecular weight excluding hydrogens is 439 g/mol. The molecule has 3 aromatic rings. The Kier molecular flexibility index (Phi) is 4.95. The Morgan fingerprint density at radius 1 is 1.06 bits per heavy atom. The highest BCUT2D eigenvalue weighted by Crippen LogP contribution is 2.52. The Morgan fingerprint density at radius 2 is 1.77 bits per heavy atom. The van der Waals surface area contributed by atoms with Crippen molar-refractivity contribution in [1.82, 2.24) is 14.0 Å².